The predicted octanol–water partition coefficient (Wildman–Crippen LogP) is 5.78. The second kappa shape index (κ2) is 15.5. The van der Waals surface area contributed by atoms with Crippen LogP contribution in [0, 0.1) is 23.5 Å². The number of aliphatic imine (C=N–C) groups is 1. The fourth-order valence-corrected chi connectivity index (χ4v) is 4.76. The Balaban J connectivity index is 0.00000162. The largest absolute Gasteiger partial charge is 0.352 e. The Labute approximate surface area is 251 Å². The van der Waals surface area contributed by atoms with Crippen molar-refractivity contribution in [1.29, 1.82) is 0 Å². The van der Waals surface area contributed by atoms with Gasteiger partial charge in [-0.1, -0.05) is 68.5 Å². The zero-order valence-electron chi connectivity index (χ0n) is 24.9. The van der Waals surface area contributed by atoms with E-state index in [1.807, 2.05) is 75.4 Å². The molecule has 9 heteroatoms. The van der Waals surface area contributed by atoms with Crippen LogP contribution in [0.3, 0.4) is 0 Å². The van der Waals surface area contributed by atoms with Crippen LogP contribution in [-0.2, 0) is 20.9 Å². The lowest BCUT2D eigenvalue weighted by atomic mass is 9.92. The van der Waals surface area contributed by atoms with E-state index in [0.717, 1.165) is 29.3 Å². The molecule has 0 aromatic heterocycles. The summed E-state index contributed by atoms with van der Waals surface area (Å²) in [5.74, 6) is -3.48. The third-order valence-corrected chi connectivity index (χ3v) is 6.64. The number of benzene rings is 3. The Bertz CT molecular complexity index is 1450. The maximum atomic E-state index is 13.5. The number of fused-ring (bicyclic) bond motifs is 1. The van der Waals surface area contributed by atoms with Crippen molar-refractivity contribution in [3.05, 3.63) is 114 Å². The number of carbonyl (C=O) groups excluding carboxylic acids is 3. The summed E-state index contributed by atoms with van der Waals surface area (Å²) in [5, 5.41) is 5.40. The van der Waals surface area contributed by atoms with Crippen LogP contribution in [-0.4, -0.2) is 36.6 Å². The van der Waals surface area contributed by atoms with Crippen LogP contribution in [0.25, 0.3) is 0 Å². The molecule has 0 spiro atoms. The Morgan fingerprint density at radius 2 is 1.63 bits per heavy atom. The van der Waals surface area contributed by atoms with Gasteiger partial charge >= 0.3 is 0 Å². The molecule has 2 atom stereocenters. The first-order chi connectivity index (χ1) is 20.5. The molecule has 3 amide bonds. The Kier molecular flexibility index (Phi) is 11.9. The van der Waals surface area contributed by atoms with Crippen LogP contribution >= 0.6 is 0 Å². The maximum Gasteiger partial charge on any atom is 0.272 e. The number of rotatable bonds is 9. The van der Waals surface area contributed by atoms with E-state index in [9.17, 15) is 23.2 Å². The number of amides is 3. The molecule has 0 bridgehead atoms. The molecule has 0 saturated carbocycles. The number of halogens is 2. The molecule has 226 valence electrons. The van der Waals surface area contributed by atoms with Gasteiger partial charge in [-0.25, -0.2) is 13.8 Å². The third kappa shape index (κ3) is 9.16. The van der Waals surface area contributed by atoms with Crippen LogP contribution in [0.4, 0.5) is 14.5 Å². The SMILES string of the molecule is C=CC.CC(C)CC(CC(=O)NCc1cc(F)cc(F)c1)C(=O)NC1N=C(c2ccccc2)c2ccccc2N(C)C1=O. The van der Waals surface area contributed by atoms with Gasteiger partial charge in [0.15, 0.2) is 0 Å². The van der Waals surface area contributed by atoms with E-state index in [2.05, 4.69) is 17.2 Å². The number of carbonyl (C=O) groups is 3. The minimum absolute atomic E-state index is 0.0843. The molecule has 7 nitrogen and oxygen atoms in total. The molecular weight excluding hydrogens is 550 g/mol. The summed E-state index contributed by atoms with van der Waals surface area (Å²) in [7, 11) is 1.64. The van der Waals surface area contributed by atoms with Crippen molar-refractivity contribution < 1.29 is 23.2 Å². The monoisotopic (exact) mass is 588 g/mol. The van der Waals surface area contributed by atoms with Crippen molar-refractivity contribution in [3.8, 4) is 0 Å². The van der Waals surface area contributed by atoms with Gasteiger partial charge < -0.3 is 15.5 Å². The quantitative estimate of drug-likeness (QED) is 0.311. The molecule has 1 aliphatic heterocycles. The average molecular weight is 589 g/mol. The first-order valence-corrected chi connectivity index (χ1v) is 14.1. The number of para-hydroxylation sites is 1. The standard InChI is InChI=1S/C31H32F2N4O3.C3H6/c1-19(2)13-22(16-27(38)34-18-20-14-23(32)17-24(33)15-20)30(39)36-29-31(40)37(3)26-12-8-7-11-25(26)28(35-29)21-9-5-4-6-10-21;1-3-2/h4-12,14-15,17,19,22,29H,13,16,18H2,1-3H3,(H,34,38)(H,36,39);3H,1H2,2H3. The van der Waals surface area contributed by atoms with Crippen molar-refractivity contribution in [2.75, 3.05) is 11.9 Å². The molecule has 43 heavy (non-hydrogen) atoms. The Morgan fingerprint density at radius 3 is 2.26 bits per heavy atom. The van der Waals surface area contributed by atoms with E-state index in [1.54, 1.807) is 13.1 Å². The number of allylic oxidation sites excluding steroid dienone is 1. The van der Waals surface area contributed by atoms with Crippen molar-refractivity contribution >= 4 is 29.1 Å². The smallest absolute Gasteiger partial charge is 0.272 e. The van der Waals surface area contributed by atoms with E-state index in [1.165, 1.54) is 4.90 Å². The highest BCUT2D eigenvalue weighted by molar-refractivity contribution is 6.20. The summed E-state index contributed by atoms with van der Waals surface area (Å²) in [5.41, 5.74) is 3.06. The minimum Gasteiger partial charge on any atom is -0.352 e. The average Bonchev–Trinajstić information content (AvgIpc) is 3.06. The zero-order valence-corrected chi connectivity index (χ0v) is 24.9. The molecule has 4 rings (SSSR count). The number of nitrogens with one attached hydrogen (secondary N) is 2. The predicted molar refractivity (Wildman–Crippen MR) is 166 cm³/mol. The van der Waals surface area contributed by atoms with Crippen LogP contribution in [0.2, 0.25) is 0 Å². The van der Waals surface area contributed by atoms with Gasteiger partial charge in [-0.2, -0.15) is 0 Å². The molecular formula is C34H38F2N4O3. The molecule has 0 radical (unpaired) electrons. The number of anilines is 1. The molecule has 1 aliphatic rings. The fraction of sp³-hybridized carbons (Fsp3) is 0.294. The molecule has 0 fully saturated rings. The molecule has 3 aromatic rings. The minimum atomic E-state index is -1.20. The summed E-state index contributed by atoms with van der Waals surface area (Å²) < 4.78 is 27.0. The number of benzodiazepines with no additional fused rings is 1. The van der Waals surface area contributed by atoms with E-state index in [4.69, 9.17) is 4.99 Å². The molecule has 2 N–H and O–H groups in total. The van der Waals surface area contributed by atoms with Gasteiger partial charge in [0.25, 0.3) is 5.91 Å². The summed E-state index contributed by atoms with van der Waals surface area (Å²) in [6, 6.07) is 19.8. The van der Waals surface area contributed by atoms with E-state index >= 15 is 0 Å². The summed E-state index contributed by atoms with van der Waals surface area (Å²) in [4.78, 5) is 45.9. The molecule has 2 unspecified atom stereocenters. The van der Waals surface area contributed by atoms with Gasteiger partial charge in [-0.3, -0.25) is 14.4 Å². The number of nitrogens with zero attached hydrogens (tertiary/aromatic N) is 2. The lowest BCUT2D eigenvalue weighted by Gasteiger charge is -2.23. The van der Waals surface area contributed by atoms with Gasteiger partial charge in [0, 0.05) is 43.1 Å². The highest BCUT2D eigenvalue weighted by atomic mass is 19.1. The van der Waals surface area contributed by atoms with E-state index in [0.29, 0.717) is 17.8 Å². The lowest BCUT2D eigenvalue weighted by molar-refractivity contribution is -0.133. The van der Waals surface area contributed by atoms with Gasteiger partial charge in [-0.05, 0) is 43.0 Å². The number of hydrogen-bond acceptors (Lipinski definition) is 4. The lowest BCUT2D eigenvalue weighted by Crippen LogP contribution is -2.48. The maximum absolute atomic E-state index is 13.5. The molecule has 0 aliphatic carbocycles. The van der Waals surface area contributed by atoms with Crippen LogP contribution in [0.5, 0.6) is 0 Å². The van der Waals surface area contributed by atoms with Crippen molar-refractivity contribution in [2.24, 2.45) is 16.8 Å². The van der Waals surface area contributed by atoms with Gasteiger partial charge in [0.05, 0.1) is 11.4 Å². The number of likely N-dealkylation sites (N-methyl/N-ethyl adjacent to an activating group) is 1. The first-order valence-electron chi connectivity index (χ1n) is 14.1. The van der Waals surface area contributed by atoms with Crippen LogP contribution < -0.4 is 15.5 Å². The summed E-state index contributed by atoms with van der Waals surface area (Å²) in [6.45, 7) is 9.03. The highest BCUT2D eigenvalue weighted by Gasteiger charge is 2.33. The van der Waals surface area contributed by atoms with Gasteiger partial charge in [0.1, 0.15) is 11.6 Å². The Morgan fingerprint density at radius 1 is 1.02 bits per heavy atom. The summed E-state index contributed by atoms with van der Waals surface area (Å²) >= 11 is 0. The topological polar surface area (TPSA) is 90.9 Å². The number of hydrogen-bond donors (Lipinski definition) is 2. The zero-order chi connectivity index (χ0) is 31.5. The van der Waals surface area contributed by atoms with E-state index in [-0.39, 0.29) is 24.4 Å². The molecule has 1 heterocycles. The fourth-order valence-electron chi connectivity index (χ4n) is 4.76. The van der Waals surface area contributed by atoms with Crippen molar-refractivity contribution in [3.63, 3.8) is 0 Å². The van der Waals surface area contributed by atoms with Gasteiger partial charge in [0.2, 0.25) is 18.0 Å². The second-order valence-electron chi connectivity index (χ2n) is 10.7. The van der Waals surface area contributed by atoms with Crippen LogP contribution in [0.15, 0.2) is 90.4 Å². The molecule has 3 aromatic carbocycles. The normalized spacial score (nSPS) is 14.9. The molecule has 0 saturated heterocycles. The highest BCUT2D eigenvalue weighted by Crippen LogP contribution is 2.27. The van der Waals surface area contributed by atoms with Crippen molar-refractivity contribution in [1.82, 2.24) is 10.6 Å². The van der Waals surface area contributed by atoms with E-state index < -0.39 is 41.4 Å². The third-order valence-electron chi connectivity index (χ3n) is 6.64. The van der Waals surface area contributed by atoms with Gasteiger partial charge in [-0.15, -0.1) is 6.58 Å². The first kappa shape index (κ1) is 32.8. The van der Waals surface area contributed by atoms with Crippen LogP contribution in [0.1, 0.15) is 50.3 Å². The second-order valence-corrected chi connectivity index (χ2v) is 10.7. The summed E-state index contributed by atoms with van der Waals surface area (Å²) in [6.07, 6.45) is 0.779. The van der Waals surface area contributed by atoms with Crippen molar-refractivity contribution in [2.45, 2.75) is 46.3 Å². The Hall–Kier alpha value is -4.66.